The van der Waals surface area contributed by atoms with Crippen LogP contribution >= 0.6 is 15.9 Å². The third-order valence-corrected chi connectivity index (χ3v) is 5.11. The standard InChI is InChI=1S/C19H30BrN5O/c1-14(2)25-11-7-17(8-12-25)24-19(21-3)23-10-9-22-18(26)15-5-4-6-16(20)13-15/h4-6,13-14,17H,7-12H2,1-3H3,(H,22,26)(H2,21,23,24). The smallest absolute Gasteiger partial charge is 0.251 e. The first-order valence-electron chi connectivity index (χ1n) is 9.24. The molecule has 0 saturated carbocycles. The van der Waals surface area contributed by atoms with E-state index < -0.39 is 0 Å². The van der Waals surface area contributed by atoms with Crippen LogP contribution in [0.2, 0.25) is 0 Å². The van der Waals surface area contributed by atoms with E-state index in [1.54, 1.807) is 13.1 Å². The van der Waals surface area contributed by atoms with Gasteiger partial charge in [-0.05, 0) is 44.9 Å². The zero-order chi connectivity index (χ0) is 18.9. The fourth-order valence-electron chi connectivity index (χ4n) is 3.04. The molecule has 1 aromatic carbocycles. The number of piperidine rings is 1. The van der Waals surface area contributed by atoms with Crippen LogP contribution < -0.4 is 16.0 Å². The number of amides is 1. The number of carbonyl (C=O) groups is 1. The molecule has 0 radical (unpaired) electrons. The van der Waals surface area contributed by atoms with Gasteiger partial charge in [0.15, 0.2) is 5.96 Å². The molecule has 1 saturated heterocycles. The number of benzene rings is 1. The number of rotatable bonds is 6. The summed E-state index contributed by atoms with van der Waals surface area (Å²) in [4.78, 5) is 18.9. The molecule has 0 atom stereocenters. The molecule has 1 heterocycles. The van der Waals surface area contributed by atoms with Crippen molar-refractivity contribution in [2.45, 2.75) is 38.8 Å². The van der Waals surface area contributed by atoms with Crippen LogP contribution in [0.25, 0.3) is 0 Å². The summed E-state index contributed by atoms with van der Waals surface area (Å²) in [6.45, 7) is 7.90. The molecular formula is C19H30BrN5O. The molecule has 1 aromatic rings. The molecule has 0 bridgehead atoms. The van der Waals surface area contributed by atoms with Gasteiger partial charge in [0, 0.05) is 55.3 Å². The average molecular weight is 424 g/mol. The Kier molecular flexibility index (Phi) is 8.38. The first kappa shape index (κ1) is 20.7. The molecule has 1 amide bonds. The molecule has 26 heavy (non-hydrogen) atoms. The van der Waals surface area contributed by atoms with Crippen molar-refractivity contribution < 1.29 is 4.79 Å². The Bertz CT molecular complexity index is 612. The Hall–Kier alpha value is -1.60. The van der Waals surface area contributed by atoms with E-state index in [4.69, 9.17) is 0 Å². The highest BCUT2D eigenvalue weighted by molar-refractivity contribution is 9.10. The normalized spacial score (nSPS) is 16.6. The van der Waals surface area contributed by atoms with E-state index in [0.29, 0.717) is 30.7 Å². The number of guanidine groups is 1. The number of nitrogens with zero attached hydrogens (tertiary/aromatic N) is 2. The van der Waals surface area contributed by atoms with Crippen molar-refractivity contribution in [2.75, 3.05) is 33.2 Å². The van der Waals surface area contributed by atoms with Gasteiger partial charge in [-0.25, -0.2) is 0 Å². The summed E-state index contributed by atoms with van der Waals surface area (Å²) in [6.07, 6.45) is 2.25. The molecule has 2 rings (SSSR count). The van der Waals surface area contributed by atoms with Gasteiger partial charge in [-0.15, -0.1) is 0 Å². The minimum Gasteiger partial charge on any atom is -0.355 e. The summed E-state index contributed by atoms with van der Waals surface area (Å²) >= 11 is 3.38. The molecule has 7 heteroatoms. The molecule has 144 valence electrons. The average Bonchev–Trinajstić information content (AvgIpc) is 2.64. The van der Waals surface area contributed by atoms with Crippen molar-refractivity contribution in [3.8, 4) is 0 Å². The number of halogens is 1. The lowest BCUT2D eigenvalue weighted by atomic mass is 10.0. The topological polar surface area (TPSA) is 68.8 Å². The Morgan fingerprint density at radius 2 is 1.96 bits per heavy atom. The molecule has 1 aliphatic heterocycles. The van der Waals surface area contributed by atoms with E-state index in [2.05, 4.69) is 55.6 Å². The molecule has 0 unspecified atom stereocenters. The van der Waals surface area contributed by atoms with Gasteiger partial charge < -0.3 is 20.9 Å². The van der Waals surface area contributed by atoms with Crippen LogP contribution in [0.5, 0.6) is 0 Å². The third kappa shape index (κ3) is 6.61. The summed E-state index contributed by atoms with van der Waals surface area (Å²) in [6, 6.07) is 8.44. The van der Waals surface area contributed by atoms with Gasteiger partial charge >= 0.3 is 0 Å². The van der Waals surface area contributed by atoms with Gasteiger partial charge in [-0.1, -0.05) is 22.0 Å². The Labute approximate surface area is 165 Å². The summed E-state index contributed by atoms with van der Waals surface area (Å²) < 4.78 is 0.899. The quantitative estimate of drug-likeness (QED) is 0.372. The summed E-state index contributed by atoms with van der Waals surface area (Å²) in [5.74, 6) is 0.724. The van der Waals surface area contributed by atoms with Crippen LogP contribution in [0, 0.1) is 0 Å². The summed E-state index contributed by atoms with van der Waals surface area (Å²) in [5, 5.41) is 9.67. The van der Waals surface area contributed by atoms with Crippen molar-refractivity contribution in [1.29, 1.82) is 0 Å². The number of hydrogen-bond acceptors (Lipinski definition) is 3. The molecule has 1 fully saturated rings. The molecule has 1 aliphatic rings. The fourth-order valence-corrected chi connectivity index (χ4v) is 3.44. The molecular weight excluding hydrogens is 394 g/mol. The van der Waals surface area contributed by atoms with Crippen molar-refractivity contribution in [3.63, 3.8) is 0 Å². The molecule has 0 spiro atoms. The van der Waals surface area contributed by atoms with Gasteiger partial charge in [-0.3, -0.25) is 9.79 Å². The van der Waals surface area contributed by atoms with Crippen molar-refractivity contribution >= 4 is 27.8 Å². The van der Waals surface area contributed by atoms with Crippen LogP contribution in [0.15, 0.2) is 33.7 Å². The molecule has 6 nitrogen and oxygen atoms in total. The lowest BCUT2D eigenvalue weighted by Crippen LogP contribution is -2.50. The van der Waals surface area contributed by atoms with E-state index in [0.717, 1.165) is 36.4 Å². The van der Waals surface area contributed by atoms with Gasteiger partial charge in [-0.2, -0.15) is 0 Å². The van der Waals surface area contributed by atoms with Crippen molar-refractivity contribution in [2.24, 2.45) is 4.99 Å². The summed E-state index contributed by atoms with van der Waals surface area (Å²) in [5.41, 5.74) is 0.652. The van der Waals surface area contributed by atoms with E-state index in [9.17, 15) is 4.79 Å². The zero-order valence-electron chi connectivity index (χ0n) is 15.9. The fraction of sp³-hybridized carbons (Fsp3) is 0.579. The van der Waals surface area contributed by atoms with E-state index in [1.165, 1.54) is 0 Å². The molecule has 0 aromatic heterocycles. The number of hydrogen-bond donors (Lipinski definition) is 3. The van der Waals surface area contributed by atoms with E-state index in [1.807, 2.05) is 18.2 Å². The van der Waals surface area contributed by atoms with Gasteiger partial charge in [0.2, 0.25) is 0 Å². The van der Waals surface area contributed by atoms with Crippen LogP contribution in [-0.4, -0.2) is 62.1 Å². The minimum atomic E-state index is -0.0721. The molecule has 0 aliphatic carbocycles. The highest BCUT2D eigenvalue weighted by Gasteiger charge is 2.21. The maximum Gasteiger partial charge on any atom is 0.251 e. The van der Waals surface area contributed by atoms with Crippen LogP contribution in [0.1, 0.15) is 37.0 Å². The van der Waals surface area contributed by atoms with Gasteiger partial charge in [0.1, 0.15) is 0 Å². The van der Waals surface area contributed by atoms with Crippen molar-refractivity contribution in [3.05, 3.63) is 34.3 Å². The first-order chi connectivity index (χ1) is 12.5. The van der Waals surface area contributed by atoms with Crippen molar-refractivity contribution in [1.82, 2.24) is 20.9 Å². The predicted molar refractivity (Wildman–Crippen MR) is 111 cm³/mol. The SMILES string of the molecule is CN=C(NCCNC(=O)c1cccc(Br)c1)NC1CCN(C(C)C)CC1. The molecule has 3 N–H and O–H groups in total. The number of likely N-dealkylation sites (tertiary alicyclic amines) is 1. The maximum atomic E-state index is 12.1. The Balaban J connectivity index is 1.67. The number of nitrogens with one attached hydrogen (secondary N) is 3. The van der Waals surface area contributed by atoms with Crippen LogP contribution in [-0.2, 0) is 0 Å². The maximum absolute atomic E-state index is 12.1. The van der Waals surface area contributed by atoms with Crippen LogP contribution in [0.3, 0.4) is 0 Å². The zero-order valence-corrected chi connectivity index (χ0v) is 17.5. The van der Waals surface area contributed by atoms with Gasteiger partial charge in [0.05, 0.1) is 0 Å². The Morgan fingerprint density at radius 3 is 2.58 bits per heavy atom. The second kappa shape index (κ2) is 10.5. The van der Waals surface area contributed by atoms with E-state index >= 15 is 0 Å². The largest absolute Gasteiger partial charge is 0.355 e. The lowest BCUT2D eigenvalue weighted by molar-refractivity contribution is 0.0954. The number of aliphatic imine (C=N–C) groups is 1. The second-order valence-electron chi connectivity index (χ2n) is 6.81. The second-order valence-corrected chi connectivity index (χ2v) is 7.73. The summed E-state index contributed by atoms with van der Waals surface area (Å²) in [7, 11) is 1.78. The Morgan fingerprint density at radius 1 is 1.27 bits per heavy atom. The highest BCUT2D eigenvalue weighted by Crippen LogP contribution is 2.13. The lowest BCUT2D eigenvalue weighted by Gasteiger charge is -2.35. The monoisotopic (exact) mass is 423 g/mol. The third-order valence-electron chi connectivity index (χ3n) is 4.61. The number of carbonyl (C=O) groups excluding carboxylic acids is 1. The van der Waals surface area contributed by atoms with Crippen LogP contribution in [0.4, 0.5) is 0 Å². The van der Waals surface area contributed by atoms with Gasteiger partial charge in [0.25, 0.3) is 5.91 Å². The minimum absolute atomic E-state index is 0.0721. The van der Waals surface area contributed by atoms with E-state index in [-0.39, 0.29) is 5.91 Å². The first-order valence-corrected chi connectivity index (χ1v) is 10.0. The highest BCUT2D eigenvalue weighted by atomic mass is 79.9. The predicted octanol–water partition coefficient (Wildman–Crippen LogP) is 2.22.